The minimum atomic E-state index is -0.890. The van der Waals surface area contributed by atoms with Crippen molar-refractivity contribution in [2.45, 2.75) is 24.8 Å². The van der Waals surface area contributed by atoms with Crippen LogP contribution in [0.3, 0.4) is 0 Å². The summed E-state index contributed by atoms with van der Waals surface area (Å²) in [6.07, 6.45) is 6.08. The number of carbonyl (C=O) groups excluding carboxylic acids is 3. The lowest BCUT2D eigenvalue weighted by Gasteiger charge is -2.23. The normalized spacial score (nSPS) is 31.2. The predicted octanol–water partition coefficient (Wildman–Crippen LogP) is -0.237. The fourth-order valence-electron chi connectivity index (χ4n) is 2.89. The summed E-state index contributed by atoms with van der Waals surface area (Å²) in [5.41, 5.74) is -0.890. The summed E-state index contributed by atoms with van der Waals surface area (Å²) in [6.45, 7) is 0.822. The van der Waals surface area contributed by atoms with Crippen LogP contribution in [0.25, 0.3) is 0 Å². The Balaban J connectivity index is 1.70. The molecule has 2 heterocycles. The molecule has 4 amide bonds. The summed E-state index contributed by atoms with van der Waals surface area (Å²) in [5, 5.41) is 4.88. The highest BCUT2D eigenvalue weighted by molar-refractivity contribution is 6.07. The first-order valence-electron chi connectivity index (χ1n) is 6.18. The van der Waals surface area contributed by atoms with Gasteiger partial charge < -0.3 is 10.2 Å². The molecule has 6 heteroatoms. The molecule has 1 atom stereocenters. The molecular weight excluding hydrogens is 234 g/mol. The van der Waals surface area contributed by atoms with E-state index < -0.39 is 11.6 Å². The molecule has 0 aromatic carbocycles. The van der Waals surface area contributed by atoms with Crippen molar-refractivity contribution in [2.75, 3.05) is 13.1 Å². The van der Waals surface area contributed by atoms with Gasteiger partial charge in [-0.3, -0.25) is 14.9 Å². The Morgan fingerprint density at radius 1 is 1.33 bits per heavy atom. The Morgan fingerprint density at radius 2 is 2.06 bits per heavy atom. The van der Waals surface area contributed by atoms with Gasteiger partial charge in [-0.2, -0.15) is 0 Å². The topological polar surface area (TPSA) is 78.5 Å². The molecule has 0 aromatic rings. The van der Waals surface area contributed by atoms with Crippen LogP contribution in [0.1, 0.15) is 19.3 Å². The van der Waals surface area contributed by atoms with Gasteiger partial charge in [-0.05, 0) is 19.3 Å². The summed E-state index contributed by atoms with van der Waals surface area (Å²) in [5.74, 6) is -0.210. The molecule has 96 valence electrons. The first kappa shape index (κ1) is 11.3. The summed E-state index contributed by atoms with van der Waals surface area (Å²) in [6, 6.07) is -0.461. The number of allylic oxidation sites excluding steroid dienone is 2. The van der Waals surface area contributed by atoms with E-state index in [1.165, 1.54) is 0 Å². The van der Waals surface area contributed by atoms with Gasteiger partial charge >= 0.3 is 6.03 Å². The minimum absolute atomic E-state index is 0.0142. The molecule has 6 nitrogen and oxygen atoms in total. The summed E-state index contributed by atoms with van der Waals surface area (Å²) >= 11 is 0. The van der Waals surface area contributed by atoms with E-state index in [0.717, 1.165) is 12.8 Å². The lowest BCUT2D eigenvalue weighted by molar-refractivity contribution is -0.134. The number of urea groups is 1. The highest BCUT2D eigenvalue weighted by atomic mass is 16.2. The SMILES string of the molecule is O=C1NC(=O)C2(CCN(C(=O)C3CC=CC3)C2)N1. The quantitative estimate of drug-likeness (QED) is 0.497. The van der Waals surface area contributed by atoms with Crippen LogP contribution in [0.5, 0.6) is 0 Å². The molecule has 0 aromatic heterocycles. The second kappa shape index (κ2) is 3.83. The van der Waals surface area contributed by atoms with E-state index in [1.54, 1.807) is 4.90 Å². The van der Waals surface area contributed by atoms with Crippen LogP contribution >= 0.6 is 0 Å². The van der Waals surface area contributed by atoms with E-state index in [2.05, 4.69) is 10.6 Å². The lowest BCUT2D eigenvalue weighted by atomic mass is 9.99. The number of imide groups is 1. The number of hydrogen-bond donors (Lipinski definition) is 2. The Bertz CT molecular complexity index is 451. The number of likely N-dealkylation sites (tertiary alicyclic amines) is 1. The summed E-state index contributed by atoms with van der Waals surface area (Å²) in [7, 11) is 0. The molecule has 0 saturated carbocycles. The van der Waals surface area contributed by atoms with Gasteiger partial charge in [-0.1, -0.05) is 12.2 Å². The van der Waals surface area contributed by atoms with Gasteiger partial charge in [-0.25, -0.2) is 4.79 Å². The van der Waals surface area contributed by atoms with Gasteiger partial charge in [0.1, 0.15) is 5.54 Å². The molecule has 0 radical (unpaired) electrons. The maximum Gasteiger partial charge on any atom is 0.322 e. The molecule has 1 unspecified atom stereocenters. The predicted molar refractivity (Wildman–Crippen MR) is 62.5 cm³/mol. The molecule has 1 spiro atoms. The third-order valence-corrected chi connectivity index (χ3v) is 3.95. The molecule has 1 aliphatic carbocycles. The Labute approximate surface area is 104 Å². The average molecular weight is 249 g/mol. The van der Waals surface area contributed by atoms with Gasteiger partial charge in [0.05, 0.1) is 6.54 Å². The number of rotatable bonds is 1. The highest BCUT2D eigenvalue weighted by Gasteiger charge is 2.52. The van der Waals surface area contributed by atoms with Crippen molar-refractivity contribution in [1.29, 1.82) is 0 Å². The molecule has 2 N–H and O–H groups in total. The fraction of sp³-hybridized carbons (Fsp3) is 0.583. The molecule has 2 saturated heterocycles. The largest absolute Gasteiger partial charge is 0.339 e. The second-order valence-electron chi connectivity index (χ2n) is 5.14. The fourth-order valence-corrected chi connectivity index (χ4v) is 2.89. The lowest BCUT2D eigenvalue weighted by Crippen LogP contribution is -2.50. The molecule has 2 aliphatic heterocycles. The number of hydrogen-bond acceptors (Lipinski definition) is 3. The van der Waals surface area contributed by atoms with E-state index in [0.29, 0.717) is 19.5 Å². The van der Waals surface area contributed by atoms with Crippen molar-refractivity contribution in [3.63, 3.8) is 0 Å². The zero-order chi connectivity index (χ0) is 12.8. The van der Waals surface area contributed by atoms with Gasteiger partial charge in [-0.15, -0.1) is 0 Å². The number of carbonyl (C=O) groups is 3. The van der Waals surface area contributed by atoms with Crippen molar-refractivity contribution < 1.29 is 14.4 Å². The number of nitrogens with one attached hydrogen (secondary N) is 2. The van der Waals surface area contributed by atoms with Crippen LogP contribution in [0, 0.1) is 5.92 Å². The molecule has 3 rings (SSSR count). The van der Waals surface area contributed by atoms with Crippen LogP contribution in [-0.2, 0) is 9.59 Å². The Hall–Kier alpha value is -1.85. The Morgan fingerprint density at radius 3 is 2.67 bits per heavy atom. The van der Waals surface area contributed by atoms with Crippen LogP contribution in [0.4, 0.5) is 4.79 Å². The van der Waals surface area contributed by atoms with E-state index in [1.807, 2.05) is 12.2 Å². The van der Waals surface area contributed by atoms with Gasteiger partial charge in [0.15, 0.2) is 0 Å². The number of nitrogens with zero attached hydrogens (tertiary/aromatic N) is 1. The second-order valence-corrected chi connectivity index (χ2v) is 5.14. The zero-order valence-electron chi connectivity index (χ0n) is 9.94. The van der Waals surface area contributed by atoms with Crippen LogP contribution in [-0.4, -0.2) is 41.4 Å². The van der Waals surface area contributed by atoms with Crippen LogP contribution in [0.15, 0.2) is 12.2 Å². The van der Waals surface area contributed by atoms with Crippen molar-refractivity contribution in [1.82, 2.24) is 15.5 Å². The molecule has 2 fully saturated rings. The Kier molecular flexibility index (Phi) is 2.39. The van der Waals surface area contributed by atoms with E-state index in [9.17, 15) is 14.4 Å². The minimum Gasteiger partial charge on any atom is -0.339 e. The smallest absolute Gasteiger partial charge is 0.322 e. The zero-order valence-corrected chi connectivity index (χ0v) is 9.94. The maximum absolute atomic E-state index is 12.2. The standard InChI is InChI=1S/C12H15N3O3/c16-9(8-3-1-2-4-8)15-6-5-12(7-15)10(17)13-11(18)14-12/h1-2,8H,3-7H2,(H2,13,14,17,18). The van der Waals surface area contributed by atoms with Gasteiger partial charge in [0.2, 0.25) is 5.91 Å². The highest BCUT2D eigenvalue weighted by Crippen LogP contribution is 2.28. The summed E-state index contributed by atoms with van der Waals surface area (Å²) in [4.78, 5) is 36.9. The molecule has 18 heavy (non-hydrogen) atoms. The van der Waals surface area contributed by atoms with Crippen LogP contribution < -0.4 is 10.6 Å². The van der Waals surface area contributed by atoms with E-state index >= 15 is 0 Å². The van der Waals surface area contributed by atoms with E-state index in [-0.39, 0.29) is 17.7 Å². The number of amides is 4. The molecule has 3 aliphatic rings. The van der Waals surface area contributed by atoms with Gasteiger partial charge in [0.25, 0.3) is 5.91 Å². The molecule has 0 bridgehead atoms. The van der Waals surface area contributed by atoms with Crippen molar-refractivity contribution in [3.05, 3.63) is 12.2 Å². The van der Waals surface area contributed by atoms with Crippen LogP contribution in [0.2, 0.25) is 0 Å². The van der Waals surface area contributed by atoms with E-state index in [4.69, 9.17) is 0 Å². The van der Waals surface area contributed by atoms with Crippen molar-refractivity contribution >= 4 is 17.8 Å². The van der Waals surface area contributed by atoms with Gasteiger partial charge in [0, 0.05) is 12.5 Å². The first-order valence-corrected chi connectivity index (χ1v) is 6.18. The maximum atomic E-state index is 12.2. The third kappa shape index (κ3) is 1.60. The van der Waals surface area contributed by atoms with Crippen molar-refractivity contribution in [2.24, 2.45) is 5.92 Å². The molecular formula is C12H15N3O3. The van der Waals surface area contributed by atoms with Crippen molar-refractivity contribution in [3.8, 4) is 0 Å². The first-order chi connectivity index (χ1) is 8.61. The monoisotopic (exact) mass is 249 g/mol. The third-order valence-electron chi connectivity index (χ3n) is 3.95. The summed E-state index contributed by atoms with van der Waals surface area (Å²) < 4.78 is 0. The average Bonchev–Trinajstić information content (AvgIpc) is 3.01.